The summed E-state index contributed by atoms with van der Waals surface area (Å²) in [6.45, 7) is 4.44. The van der Waals surface area contributed by atoms with E-state index < -0.39 is 72.2 Å². The Kier molecular flexibility index (Phi) is 10.4. The molecule has 0 spiro atoms. The molecule has 1 heterocycles. The smallest absolute Gasteiger partial charge is 0.326 e. The van der Waals surface area contributed by atoms with E-state index in [-0.39, 0.29) is 6.42 Å². The molecule has 14 nitrogen and oxygen atoms in total. The third-order valence-corrected chi connectivity index (χ3v) is 4.66. The number of rotatable bonds is 13. The normalized spacial score (nSPS) is 15.6. The predicted molar refractivity (Wildman–Crippen MR) is 114 cm³/mol. The minimum absolute atomic E-state index is 0.105. The highest BCUT2D eigenvalue weighted by molar-refractivity contribution is 5.95. The predicted octanol–water partition coefficient (Wildman–Crippen LogP) is -3.27. The first-order chi connectivity index (χ1) is 15.3. The number of aliphatic hydroxyl groups is 1. The van der Waals surface area contributed by atoms with Crippen molar-refractivity contribution in [3.63, 3.8) is 0 Å². The minimum Gasteiger partial charge on any atom is -0.480 e. The van der Waals surface area contributed by atoms with Gasteiger partial charge in [0.05, 0.1) is 24.9 Å². The highest BCUT2D eigenvalue weighted by atomic mass is 16.4. The second-order valence-electron chi connectivity index (χ2n) is 7.91. The Labute approximate surface area is 189 Å². The second kappa shape index (κ2) is 12.5. The van der Waals surface area contributed by atoms with Gasteiger partial charge in [0.15, 0.2) is 0 Å². The van der Waals surface area contributed by atoms with E-state index in [1.165, 1.54) is 19.4 Å². The number of aromatic nitrogens is 2. The number of carboxylic acids is 1. The molecule has 0 aliphatic heterocycles. The number of H-pyrrole nitrogens is 1. The molecule has 0 aliphatic carbocycles. The summed E-state index contributed by atoms with van der Waals surface area (Å²) >= 11 is 0. The molecule has 33 heavy (non-hydrogen) atoms. The average molecular weight is 469 g/mol. The van der Waals surface area contributed by atoms with Crippen LogP contribution in [0.5, 0.6) is 0 Å². The van der Waals surface area contributed by atoms with E-state index in [0.29, 0.717) is 5.69 Å². The number of aliphatic hydroxyl groups excluding tert-OH is 1. The molecular weight excluding hydrogens is 438 g/mol. The highest BCUT2D eigenvalue weighted by Crippen LogP contribution is 2.06. The third-order valence-electron chi connectivity index (χ3n) is 4.66. The lowest BCUT2D eigenvalue weighted by Gasteiger charge is -2.28. The topological polar surface area (TPSA) is 243 Å². The van der Waals surface area contributed by atoms with Crippen LogP contribution in [0.1, 0.15) is 32.9 Å². The number of carbonyl (C=O) groups is 5. The van der Waals surface area contributed by atoms with E-state index in [1.54, 1.807) is 13.8 Å². The summed E-state index contributed by atoms with van der Waals surface area (Å²) in [6, 6.07) is -5.31. The molecule has 10 N–H and O–H groups in total. The molecule has 1 aromatic heterocycles. The number of hydrogen-bond donors (Lipinski definition) is 8. The molecule has 14 heteroatoms. The van der Waals surface area contributed by atoms with Gasteiger partial charge in [-0.1, -0.05) is 13.8 Å². The Morgan fingerprint density at radius 2 is 1.61 bits per heavy atom. The van der Waals surface area contributed by atoms with Crippen molar-refractivity contribution in [1.82, 2.24) is 25.9 Å². The summed E-state index contributed by atoms with van der Waals surface area (Å²) in [7, 11) is 0. The van der Waals surface area contributed by atoms with E-state index in [4.69, 9.17) is 16.6 Å². The van der Waals surface area contributed by atoms with Crippen molar-refractivity contribution >= 4 is 29.6 Å². The van der Waals surface area contributed by atoms with Crippen molar-refractivity contribution in [2.45, 2.75) is 63.9 Å². The highest BCUT2D eigenvalue weighted by Gasteiger charge is 2.34. The van der Waals surface area contributed by atoms with Gasteiger partial charge < -0.3 is 42.6 Å². The summed E-state index contributed by atoms with van der Waals surface area (Å²) < 4.78 is 0. The lowest BCUT2D eigenvalue weighted by Crippen LogP contribution is -2.61. The molecule has 184 valence electrons. The number of hydrogen-bond acceptors (Lipinski definition) is 8. The van der Waals surface area contributed by atoms with Gasteiger partial charge in [-0.05, 0) is 12.8 Å². The van der Waals surface area contributed by atoms with Crippen LogP contribution in [-0.2, 0) is 30.4 Å². The maximum absolute atomic E-state index is 12.8. The first kappa shape index (κ1) is 27.5. The van der Waals surface area contributed by atoms with Gasteiger partial charge in [0.1, 0.15) is 18.1 Å². The Morgan fingerprint density at radius 1 is 1.03 bits per heavy atom. The maximum Gasteiger partial charge on any atom is 0.326 e. The fourth-order valence-corrected chi connectivity index (χ4v) is 2.83. The standard InChI is InChI=1S/C19H31N7O7/c1-8(2)14(17(30)24-12(19(32)33)5-13(21)28)25-18(31)15(9(3)27)26-16(29)11(20)4-10-6-22-7-23-10/h6-9,11-12,14-15,27H,4-5,20H2,1-3H3,(H2,21,28)(H,22,23)(H,24,30)(H,25,31)(H,26,29)(H,32,33). The van der Waals surface area contributed by atoms with Gasteiger partial charge in [-0.25, -0.2) is 9.78 Å². The molecule has 0 saturated carbocycles. The summed E-state index contributed by atoms with van der Waals surface area (Å²) in [5, 5.41) is 26.1. The maximum atomic E-state index is 12.8. The van der Waals surface area contributed by atoms with Gasteiger partial charge in [-0.15, -0.1) is 0 Å². The summed E-state index contributed by atoms with van der Waals surface area (Å²) in [4.78, 5) is 66.7. The zero-order chi connectivity index (χ0) is 25.3. The van der Waals surface area contributed by atoms with Gasteiger partial charge in [-0.3, -0.25) is 19.2 Å². The third kappa shape index (κ3) is 8.86. The Morgan fingerprint density at radius 3 is 2.06 bits per heavy atom. The van der Waals surface area contributed by atoms with Crippen LogP contribution < -0.4 is 27.4 Å². The number of carboxylic acid groups (broad SMARTS) is 1. The molecule has 0 radical (unpaired) electrons. The summed E-state index contributed by atoms with van der Waals surface area (Å²) in [6.07, 6.45) is 1.03. The molecule has 5 atom stereocenters. The van der Waals surface area contributed by atoms with Gasteiger partial charge in [0, 0.05) is 18.3 Å². The monoisotopic (exact) mass is 469 g/mol. The van der Waals surface area contributed by atoms with Gasteiger partial charge in [0.25, 0.3) is 0 Å². The number of aromatic amines is 1. The Balaban J connectivity index is 2.87. The Hall–Kier alpha value is -3.52. The largest absolute Gasteiger partial charge is 0.480 e. The van der Waals surface area contributed by atoms with Crippen LogP contribution >= 0.6 is 0 Å². The molecule has 5 unspecified atom stereocenters. The van der Waals surface area contributed by atoms with Crippen molar-refractivity contribution in [2.75, 3.05) is 0 Å². The molecule has 0 saturated heterocycles. The minimum atomic E-state index is -1.58. The van der Waals surface area contributed by atoms with Crippen molar-refractivity contribution in [2.24, 2.45) is 17.4 Å². The molecule has 0 aromatic carbocycles. The van der Waals surface area contributed by atoms with Crippen LogP contribution in [0.2, 0.25) is 0 Å². The molecular formula is C19H31N7O7. The summed E-state index contributed by atoms with van der Waals surface area (Å²) in [5.41, 5.74) is 11.4. The van der Waals surface area contributed by atoms with Gasteiger partial charge in [0.2, 0.25) is 23.6 Å². The number of imidazole rings is 1. The van der Waals surface area contributed by atoms with Gasteiger partial charge >= 0.3 is 5.97 Å². The molecule has 0 bridgehead atoms. The quantitative estimate of drug-likeness (QED) is 0.144. The molecule has 0 fully saturated rings. The number of nitrogens with zero attached hydrogens (tertiary/aromatic N) is 1. The lowest BCUT2D eigenvalue weighted by molar-refractivity contribution is -0.144. The fourth-order valence-electron chi connectivity index (χ4n) is 2.83. The van der Waals surface area contributed by atoms with Crippen molar-refractivity contribution in [3.8, 4) is 0 Å². The summed E-state index contributed by atoms with van der Waals surface area (Å²) in [5.74, 6) is -5.40. The van der Waals surface area contributed by atoms with Crippen LogP contribution in [0.4, 0.5) is 0 Å². The fraction of sp³-hybridized carbons (Fsp3) is 0.579. The number of nitrogens with one attached hydrogen (secondary N) is 4. The zero-order valence-corrected chi connectivity index (χ0v) is 18.6. The number of primary amides is 1. The van der Waals surface area contributed by atoms with Crippen LogP contribution in [0, 0.1) is 5.92 Å². The van der Waals surface area contributed by atoms with Crippen molar-refractivity contribution in [1.29, 1.82) is 0 Å². The van der Waals surface area contributed by atoms with E-state index in [9.17, 15) is 29.1 Å². The van der Waals surface area contributed by atoms with Crippen molar-refractivity contribution in [3.05, 3.63) is 18.2 Å². The van der Waals surface area contributed by atoms with E-state index in [1.807, 2.05) is 0 Å². The SMILES string of the molecule is CC(C)C(NC(=O)C(NC(=O)C(N)Cc1cnc[nH]1)C(C)O)C(=O)NC(CC(N)=O)C(=O)O. The molecule has 1 aromatic rings. The number of nitrogens with two attached hydrogens (primary N) is 2. The van der Waals surface area contributed by atoms with Crippen LogP contribution in [0.15, 0.2) is 12.5 Å². The second-order valence-corrected chi connectivity index (χ2v) is 7.91. The molecule has 1 rings (SSSR count). The average Bonchev–Trinajstić information content (AvgIpc) is 3.21. The first-order valence-electron chi connectivity index (χ1n) is 10.2. The van der Waals surface area contributed by atoms with Gasteiger partial charge in [-0.2, -0.15) is 0 Å². The Bertz CT molecular complexity index is 842. The van der Waals surface area contributed by atoms with Crippen molar-refractivity contribution < 1.29 is 34.2 Å². The first-order valence-corrected chi connectivity index (χ1v) is 10.2. The van der Waals surface area contributed by atoms with E-state index >= 15 is 0 Å². The van der Waals surface area contributed by atoms with Crippen LogP contribution in [0.25, 0.3) is 0 Å². The zero-order valence-electron chi connectivity index (χ0n) is 18.6. The van der Waals surface area contributed by atoms with E-state index in [2.05, 4.69) is 25.9 Å². The van der Waals surface area contributed by atoms with Crippen LogP contribution in [0.3, 0.4) is 0 Å². The molecule has 0 aliphatic rings. The van der Waals surface area contributed by atoms with Crippen LogP contribution in [-0.4, -0.2) is 80.1 Å². The lowest BCUT2D eigenvalue weighted by atomic mass is 10.0. The number of carbonyl (C=O) groups excluding carboxylic acids is 4. The number of amides is 4. The molecule has 4 amide bonds. The number of aliphatic carboxylic acids is 1. The van der Waals surface area contributed by atoms with E-state index in [0.717, 1.165) is 0 Å².